The number of hydrogen-bond donors (Lipinski definition) is 1. The molecule has 70 valence electrons. The van der Waals surface area contributed by atoms with Gasteiger partial charge in [-0.1, -0.05) is 19.4 Å². The van der Waals surface area contributed by atoms with Crippen molar-refractivity contribution in [3.63, 3.8) is 0 Å². The Kier molecular flexibility index (Phi) is 4.33. The maximum atomic E-state index is 5.46. The Balaban J connectivity index is 1.83. The largest absolute Gasteiger partial charge is 0.377 e. The molecule has 0 aliphatic heterocycles. The average molecular weight is 169 g/mol. The van der Waals surface area contributed by atoms with Gasteiger partial charge in [0.2, 0.25) is 0 Å². The maximum Gasteiger partial charge on any atom is 0.0686 e. The van der Waals surface area contributed by atoms with E-state index in [0.29, 0.717) is 6.61 Å². The van der Waals surface area contributed by atoms with Gasteiger partial charge in [0.05, 0.1) is 6.61 Å². The Hall–Kier alpha value is -0.340. The van der Waals surface area contributed by atoms with Crippen molar-refractivity contribution >= 4 is 0 Å². The van der Waals surface area contributed by atoms with E-state index >= 15 is 0 Å². The molecule has 0 unspecified atom stereocenters. The van der Waals surface area contributed by atoms with Gasteiger partial charge in [0.25, 0.3) is 0 Å². The van der Waals surface area contributed by atoms with Gasteiger partial charge in [0.1, 0.15) is 0 Å². The summed E-state index contributed by atoms with van der Waals surface area (Å²) in [6, 6.07) is 0. The Bertz CT molecular complexity index is 141. The van der Waals surface area contributed by atoms with Crippen molar-refractivity contribution in [1.29, 1.82) is 0 Å². The third-order valence-electron chi connectivity index (χ3n) is 2.10. The van der Waals surface area contributed by atoms with Gasteiger partial charge in [0, 0.05) is 13.2 Å². The van der Waals surface area contributed by atoms with Gasteiger partial charge in [-0.3, -0.25) is 0 Å². The van der Waals surface area contributed by atoms with Crippen LogP contribution in [0.3, 0.4) is 0 Å². The quantitative estimate of drug-likeness (QED) is 0.461. The van der Waals surface area contributed by atoms with Crippen LogP contribution >= 0.6 is 0 Å². The molecule has 0 amide bonds. The fourth-order valence-corrected chi connectivity index (χ4v) is 1.17. The molecule has 1 aliphatic carbocycles. The lowest BCUT2D eigenvalue weighted by atomic mass is 10.3. The maximum absolute atomic E-state index is 5.46. The monoisotopic (exact) mass is 169 g/mol. The first-order chi connectivity index (χ1) is 5.83. The molecular weight excluding hydrogens is 150 g/mol. The Morgan fingerprint density at radius 2 is 2.33 bits per heavy atom. The molecule has 1 saturated carbocycles. The molecule has 0 atom stereocenters. The number of hydrogen-bond acceptors (Lipinski definition) is 2. The van der Waals surface area contributed by atoms with E-state index in [4.69, 9.17) is 4.74 Å². The van der Waals surface area contributed by atoms with Crippen LogP contribution in [0.2, 0.25) is 0 Å². The predicted octanol–water partition coefficient (Wildman–Crippen LogP) is 1.58. The van der Waals surface area contributed by atoms with Crippen molar-refractivity contribution in [2.24, 2.45) is 5.92 Å². The summed E-state index contributed by atoms with van der Waals surface area (Å²) in [5.41, 5.74) is 1.13. The number of ether oxygens (including phenoxy) is 1. The van der Waals surface area contributed by atoms with E-state index in [1.807, 2.05) is 7.05 Å². The molecule has 1 rings (SSSR count). The van der Waals surface area contributed by atoms with E-state index in [2.05, 4.69) is 11.9 Å². The first-order valence-electron chi connectivity index (χ1n) is 4.72. The highest BCUT2D eigenvalue weighted by Crippen LogP contribution is 2.32. The minimum atomic E-state index is 0.716. The molecule has 0 aromatic rings. The Morgan fingerprint density at radius 1 is 1.58 bits per heavy atom. The van der Waals surface area contributed by atoms with Crippen LogP contribution < -0.4 is 5.32 Å². The highest BCUT2D eigenvalue weighted by Gasteiger charge is 2.20. The fraction of sp³-hybridized carbons (Fsp3) is 0.800. The molecule has 0 spiro atoms. The average Bonchev–Trinajstić information content (AvgIpc) is 2.82. The summed E-state index contributed by atoms with van der Waals surface area (Å²) < 4.78 is 5.46. The highest BCUT2D eigenvalue weighted by molar-refractivity contribution is 4.96. The van der Waals surface area contributed by atoms with E-state index in [1.165, 1.54) is 19.3 Å². The van der Waals surface area contributed by atoms with Crippen LogP contribution in [0.1, 0.15) is 19.3 Å². The second-order valence-corrected chi connectivity index (χ2v) is 3.56. The molecule has 0 bridgehead atoms. The first kappa shape index (κ1) is 9.75. The third kappa shape index (κ3) is 4.52. The van der Waals surface area contributed by atoms with Gasteiger partial charge in [-0.25, -0.2) is 0 Å². The molecule has 0 saturated heterocycles. The summed E-state index contributed by atoms with van der Waals surface area (Å²) in [6.07, 6.45) is 4.08. The minimum Gasteiger partial charge on any atom is -0.377 e. The molecular formula is C10H19NO. The molecule has 1 aliphatic rings. The zero-order chi connectivity index (χ0) is 8.81. The molecule has 1 fully saturated rings. The van der Waals surface area contributed by atoms with Crippen molar-refractivity contribution in [3.05, 3.63) is 12.2 Å². The fourth-order valence-electron chi connectivity index (χ4n) is 1.17. The van der Waals surface area contributed by atoms with E-state index in [1.54, 1.807) is 0 Å². The molecule has 2 heteroatoms. The summed E-state index contributed by atoms with van der Waals surface area (Å²) in [6.45, 7) is 6.38. The van der Waals surface area contributed by atoms with Crippen molar-refractivity contribution < 1.29 is 4.74 Å². The predicted molar refractivity (Wildman–Crippen MR) is 51.2 cm³/mol. The molecule has 0 aromatic heterocycles. The van der Waals surface area contributed by atoms with Gasteiger partial charge >= 0.3 is 0 Å². The molecule has 1 N–H and O–H groups in total. The molecule has 12 heavy (non-hydrogen) atoms. The zero-order valence-electron chi connectivity index (χ0n) is 7.94. The number of rotatable bonds is 7. The minimum absolute atomic E-state index is 0.716. The van der Waals surface area contributed by atoms with Gasteiger partial charge in [-0.05, 0) is 25.0 Å². The standard InChI is InChI=1S/C10H19NO/c1-9(7-11-2)8-12-6-5-10-3-4-10/h10-11H,1,3-8H2,2H3. The summed E-state index contributed by atoms with van der Waals surface area (Å²) in [7, 11) is 1.93. The van der Waals surface area contributed by atoms with Gasteiger partial charge in [-0.15, -0.1) is 0 Å². The molecule has 0 aromatic carbocycles. The van der Waals surface area contributed by atoms with Crippen LogP contribution in [0.5, 0.6) is 0 Å². The first-order valence-corrected chi connectivity index (χ1v) is 4.72. The molecule has 0 radical (unpaired) electrons. The van der Waals surface area contributed by atoms with Crippen molar-refractivity contribution in [2.75, 3.05) is 26.8 Å². The lowest BCUT2D eigenvalue weighted by Crippen LogP contribution is -2.13. The SMILES string of the molecule is C=C(CNC)COCCC1CC1. The Morgan fingerprint density at radius 3 is 2.92 bits per heavy atom. The lowest BCUT2D eigenvalue weighted by molar-refractivity contribution is 0.148. The smallest absolute Gasteiger partial charge is 0.0686 e. The highest BCUT2D eigenvalue weighted by atomic mass is 16.5. The summed E-state index contributed by atoms with van der Waals surface area (Å²) in [5, 5.41) is 3.05. The van der Waals surface area contributed by atoms with Crippen molar-refractivity contribution in [3.8, 4) is 0 Å². The van der Waals surface area contributed by atoms with Crippen molar-refractivity contribution in [1.82, 2.24) is 5.32 Å². The lowest BCUT2D eigenvalue weighted by Gasteiger charge is -2.05. The van der Waals surface area contributed by atoms with Crippen LogP contribution in [0.4, 0.5) is 0 Å². The topological polar surface area (TPSA) is 21.3 Å². The summed E-state index contributed by atoms with van der Waals surface area (Å²) >= 11 is 0. The third-order valence-corrected chi connectivity index (χ3v) is 2.10. The van der Waals surface area contributed by atoms with Crippen LogP contribution in [0.15, 0.2) is 12.2 Å². The van der Waals surface area contributed by atoms with E-state index in [0.717, 1.165) is 24.6 Å². The summed E-state index contributed by atoms with van der Waals surface area (Å²) in [5.74, 6) is 0.975. The molecule has 0 heterocycles. The van der Waals surface area contributed by atoms with Crippen LogP contribution in [0, 0.1) is 5.92 Å². The Labute approximate surface area is 75.0 Å². The van der Waals surface area contributed by atoms with Crippen LogP contribution in [-0.4, -0.2) is 26.8 Å². The zero-order valence-corrected chi connectivity index (χ0v) is 7.94. The van der Waals surface area contributed by atoms with Gasteiger partial charge < -0.3 is 10.1 Å². The van der Waals surface area contributed by atoms with E-state index in [9.17, 15) is 0 Å². The van der Waals surface area contributed by atoms with Gasteiger partial charge in [-0.2, -0.15) is 0 Å². The second-order valence-electron chi connectivity index (χ2n) is 3.56. The van der Waals surface area contributed by atoms with Crippen LogP contribution in [-0.2, 0) is 4.74 Å². The number of nitrogens with one attached hydrogen (secondary N) is 1. The van der Waals surface area contributed by atoms with Gasteiger partial charge in [0.15, 0.2) is 0 Å². The second kappa shape index (κ2) is 5.33. The van der Waals surface area contributed by atoms with E-state index < -0.39 is 0 Å². The molecule has 2 nitrogen and oxygen atoms in total. The van der Waals surface area contributed by atoms with Crippen molar-refractivity contribution in [2.45, 2.75) is 19.3 Å². The van der Waals surface area contributed by atoms with Crippen LogP contribution in [0.25, 0.3) is 0 Å². The summed E-state index contributed by atoms with van der Waals surface area (Å²) in [4.78, 5) is 0. The number of likely N-dealkylation sites (N-methyl/N-ethyl adjacent to an activating group) is 1. The van der Waals surface area contributed by atoms with E-state index in [-0.39, 0.29) is 0 Å². The normalized spacial score (nSPS) is 16.4.